The van der Waals surface area contributed by atoms with Crippen LogP contribution in [0.1, 0.15) is 11.1 Å². The topological polar surface area (TPSA) is 72.4 Å². The fraction of sp³-hybridized carbons (Fsp3) is 0.273. The average Bonchev–Trinajstić information content (AvgIpc) is 2.24. The molecule has 1 aromatic carbocycles. The molecule has 19 heavy (non-hydrogen) atoms. The molecule has 0 heterocycles. The molecule has 0 aliphatic heterocycles. The Kier molecular flexibility index (Phi) is 4.03. The molecule has 8 heteroatoms. The van der Waals surface area contributed by atoms with Crippen molar-refractivity contribution in [1.29, 1.82) is 0 Å². The minimum atomic E-state index is -4.81. The highest BCUT2D eigenvalue weighted by Crippen LogP contribution is 2.38. The van der Waals surface area contributed by atoms with Crippen molar-refractivity contribution < 1.29 is 18.1 Å². The monoisotopic (exact) mass is 275 g/mol. The summed E-state index contributed by atoms with van der Waals surface area (Å²) in [6, 6.07) is 1.39. The van der Waals surface area contributed by atoms with E-state index in [-0.39, 0.29) is 11.3 Å². The number of nitro groups is 1. The molecule has 2 N–H and O–H groups in total. The van der Waals surface area contributed by atoms with Crippen molar-refractivity contribution in [3.63, 3.8) is 0 Å². The summed E-state index contributed by atoms with van der Waals surface area (Å²) in [5.74, 6) is 0. The van der Waals surface area contributed by atoms with E-state index in [4.69, 9.17) is 5.73 Å². The lowest BCUT2D eigenvalue weighted by atomic mass is 10.1. The Bertz CT molecular complexity index is 525. The van der Waals surface area contributed by atoms with Crippen molar-refractivity contribution in [3.8, 4) is 0 Å². The average molecular weight is 275 g/mol. The van der Waals surface area contributed by atoms with Crippen molar-refractivity contribution in [2.75, 3.05) is 19.8 Å². The van der Waals surface area contributed by atoms with Crippen LogP contribution in [0.2, 0.25) is 0 Å². The number of nitro benzene ring substituents is 1. The van der Waals surface area contributed by atoms with Crippen LogP contribution in [0.5, 0.6) is 0 Å². The van der Waals surface area contributed by atoms with Crippen LogP contribution in [0, 0.1) is 10.1 Å². The fourth-order valence-electron chi connectivity index (χ4n) is 1.37. The molecule has 0 saturated heterocycles. The van der Waals surface area contributed by atoms with Gasteiger partial charge in [0.25, 0.3) is 5.69 Å². The Morgan fingerprint density at radius 2 is 1.95 bits per heavy atom. The van der Waals surface area contributed by atoms with Gasteiger partial charge >= 0.3 is 6.18 Å². The number of halogens is 3. The molecule has 5 nitrogen and oxygen atoms in total. The van der Waals surface area contributed by atoms with E-state index in [1.165, 1.54) is 12.3 Å². The summed E-state index contributed by atoms with van der Waals surface area (Å²) < 4.78 is 38.2. The Balaban J connectivity index is 3.43. The van der Waals surface area contributed by atoms with Crippen LogP contribution in [0.15, 0.2) is 18.3 Å². The predicted octanol–water partition coefficient (Wildman–Crippen LogP) is 2.73. The van der Waals surface area contributed by atoms with Gasteiger partial charge in [-0.25, -0.2) is 0 Å². The van der Waals surface area contributed by atoms with Gasteiger partial charge in [0.15, 0.2) is 0 Å². The molecule has 0 radical (unpaired) electrons. The Morgan fingerprint density at radius 1 is 1.37 bits per heavy atom. The number of benzene rings is 1. The molecule has 0 amide bonds. The standard InChI is InChI=1S/C11H12F3N3O2/c1-16(2)4-3-7-5-8(11(12,13)14)10(17(18)19)6-9(7)15/h3-6H,15H2,1-2H3/b4-3+. The van der Waals surface area contributed by atoms with Crippen LogP contribution in [0.4, 0.5) is 24.5 Å². The van der Waals surface area contributed by atoms with Gasteiger partial charge in [0, 0.05) is 25.8 Å². The molecule has 0 aliphatic rings. The van der Waals surface area contributed by atoms with Crippen LogP contribution in [-0.4, -0.2) is 23.9 Å². The molecule has 0 saturated carbocycles. The summed E-state index contributed by atoms with van der Waals surface area (Å²) in [5.41, 5.74) is 3.14. The van der Waals surface area contributed by atoms with Gasteiger partial charge in [-0.1, -0.05) is 0 Å². The smallest absolute Gasteiger partial charge is 0.398 e. The summed E-state index contributed by atoms with van der Waals surface area (Å²) in [6.45, 7) is 0. The number of nitrogen functional groups attached to an aromatic ring is 1. The predicted molar refractivity (Wildman–Crippen MR) is 65.2 cm³/mol. The third kappa shape index (κ3) is 3.60. The van der Waals surface area contributed by atoms with Crippen molar-refractivity contribution in [2.24, 2.45) is 0 Å². The molecule has 0 aromatic heterocycles. The van der Waals surface area contributed by atoms with Crippen LogP contribution in [0.3, 0.4) is 0 Å². The second-order valence-corrected chi connectivity index (χ2v) is 4.03. The molecule has 0 atom stereocenters. The van der Waals surface area contributed by atoms with Crippen LogP contribution in [-0.2, 0) is 6.18 Å². The summed E-state index contributed by atoms with van der Waals surface area (Å²) >= 11 is 0. The highest BCUT2D eigenvalue weighted by Gasteiger charge is 2.38. The third-order valence-corrected chi connectivity index (χ3v) is 2.26. The Labute approximate surface area is 107 Å². The van der Waals surface area contributed by atoms with Crippen molar-refractivity contribution in [1.82, 2.24) is 4.90 Å². The first kappa shape index (κ1) is 14.8. The Hall–Kier alpha value is -2.25. The van der Waals surface area contributed by atoms with E-state index in [1.54, 1.807) is 19.0 Å². The van der Waals surface area contributed by atoms with Gasteiger partial charge in [0.2, 0.25) is 0 Å². The summed E-state index contributed by atoms with van der Waals surface area (Å²) in [5, 5.41) is 10.6. The maximum absolute atomic E-state index is 12.7. The van der Waals surface area contributed by atoms with E-state index in [0.717, 1.165) is 6.07 Å². The number of rotatable bonds is 3. The summed E-state index contributed by atoms with van der Waals surface area (Å²) in [4.78, 5) is 11.1. The van der Waals surface area contributed by atoms with E-state index >= 15 is 0 Å². The number of anilines is 1. The largest absolute Gasteiger partial charge is 0.423 e. The maximum atomic E-state index is 12.7. The molecule has 1 aromatic rings. The molecular formula is C11H12F3N3O2. The van der Waals surface area contributed by atoms with E-state index in [0.29, 0.717) is 6.07 Å². The van der Waals surface area contributed by atoms with Gasteiger partial charge < -0.3 is 10.6 Å². The van der Waals surface area contributed by atoms with Crippen molar-refractivity contribution in [3.05, 3.63) is 39.6 Å². The van der Waals surface area contributed by atoms with Gasteiger partial charge in [-0.05, 0) is 23.9 Å². The highest BCUT2D eigenvalue weighted by atomic mass is 19.4. The number of nitrogens with zero attached hydrogens (tertiary/aromatic N) is 2. The van der Waals surface area contributed by atoms with Gasteiger partial charge in [0.1, 0.15) is 5.56 Å². The molecular weight excluding hydrogens is 263 g/mol. The van der Waals surface area contributed by atoms with Gasteiger partial charge in [-0.15, -0.1) is 0 Å². The van der Waals surface area contributed by atoms with Crippen molar-refractivity contribution >= 4 is 17.5 Å². The van der Waals surface area contributed by atoms with Crippen molar-refractivity contribution in [2.45, 2.75) is 6.18 Å². The SMILES string of the molecule is CN(C)/C=C/c1cc(C(F)(F)F)c([N+](=O)[O-])cc1N. The van der Waals surface area contributed by atoms with E-state index in [2.05, 4.69) is 0 Å². The first-order valence-corrected chi connectivity index (χ1v) is 5.12. The van der Waals surface area contributed by atoms with Crippen LogP contribution < -0.4 is 5.73 Å². The van der Waals surface area contributed by atoms with Crippen LogP contribution >= 0.6 is 0 Å². The van der Waals surface area contributed by atoms with Crippen LogP contribution in [0.25, 0.3) is 6.08 Å². The zero-order valence-electron chi connectivity index (χ0n) is 10.2. The lowest BCUT2D eigenvalue weighted by Gasteiger charge is -2.11. The first-order valence-electron chi connectivity index (χ1n) is 5.12. The van der Waals surface area contributed by atoms with Gasteiger partial charge in [-0.3, -0.25) is 10.1 Å². The summed E-state index contributed by atoms with van der Waals surface area (Å²) in [7, 11) is 3.37. The quantitative estimate of drug-likeness (QED) is 0.523. The molecule has 0 bridgehead atoms. The first-order chi connectivity index (χ1) is 8.62. The molecule has 0 unspecified atom stereocenters. The zero-order valence-corrected chi connectivity index (χ0v) is 10.2. The lowest BCUT2D eigenvalue weighted by Crippen LogP contribution is -2.10. The van der Waals surface area contributed by atoms with Gasteiger partial charge in [0.05, 0.1) is 4.92 Å². The minimum absolute atomic E-state index is 0.0756. The Morgan fingerprint density at radius 3 is 2.37 bits per heavy atom. The second kappa shape index (κ2) is 5.17. The fourth-order valence-corrected chi connectivity index (χ4v) is 1.37. The number of hydrogen-bond donors (Lipinski definition) is 1. The molecule has 0 spiro atoms. The maximum Gasteiger partial charge on any atom is 0.423 e. The third-order valence-electron chi connectivity index (χ3n) is 2.26. The highest BCUT2D eigenvalue weighted by molar-refractivity contribution is 5.69. The normalized spacial score (nSPS) is 11.8. The number of alkyl halides is 3. The number of nitrogens with two attached hydrogens (primary N) is 1. The minimum Gasteiger partial charge on any atom is -0.398 e. The lowest BCUT2D eigenvalue weighted by molar-refractivity contribution is -0.388. The molecule has 1 rings (SSSR count). The molecule has 0 aliphatic carbocycles. The number of hydrogen-bond acceptors (Lipinski definition) is 4. The van der Waals surface area contributed by atoms with E-state index < -0.39 is 22.4 Å². The van der Waals surface area contributed by atoms with E-state index in [9.17, 15) is 23.3 Å². The second-order valence-electron chi connectivity index (χ2n) is 4.03. The van der Waals surface area contributed by atoms with E-state index in [1.807, 2.05) is 0 Å². The molecule has 104 valence electrons. The summed E-state index contributed by atoms with van der Waals surface area (Å²) in [6.07, 6.45) is -1.96. The van der Waals surface area contributed by atoms with Gasteiger partial charge in [-0.2, -0.15) is 13.2 Å². The zero-order chi connectivity index (χ0) is 14.8. The molecule has 0 fully saturated rings.